The molecule has 0 aromatic carbocycles. The van der Waals surface area contributed by atoms with Crippen molar-refractivity contribution < 1.29 is 9.53 Å². The molecule has 1 atom stereocenters. The Balaban J connectivity index is 2.11. The highest BCUT2D eigenvalue weighted by atomic mass is 32.2. The molecule has 2 aliphatic heterocycles. The first-order valence-electron chi connectivity index (χ1n) is 4.74. The van der Waals surface area contributed by atoms with E-state index in [1.54, 1.807) is 11.8 Å². The van der Waals surface area contributed by atoms with Crippen LogP contribution in [-0.4, -0.2) is 22.9 Å². The molecule has 0 saturated carbocycles. The summed E-state index contributed by atoms with van der Waals surface area (Å²) in [4.78, 5) is 12.0. The molecule has 2 rings (SSSR count). The van der Waals surface area contributed by atoms with Crippen molar-refractivity contribution in [3.05, 3.63) is 11.8 Å². The van der Waals surface area contributed by atoms with Crippen molar-refractivity contribution in [3.63, 3.8) is 0 Å². The lowest BCUT2D eigenvalue weighted by Gasteiger charge is -2.20. The minimum Gasteiger partial charge on any atom is -0.490 e. The van der Waals surface area contributed by atoms with Gasteiger partial charge in [0, 0.05) is 6.42 Å². The fourth-order valence-corrected chi connectivity index (χ4v) is 3.05. The van der Waals surface area contributed by atoms with Crippen LogP contribution in [0.4, 0.5) is 0 Å². The summed E-state index contributed by atoms with van der Waals surface area (Å²) in [6.45, 7) is 2.72. The molecular formula is C10H14O2S. The molecule has 2 heterocycles. The molecule has 0 aromatic rings. The molecule has 72 valence electrons. The molecule has 1 fully saturated rings. The SMILES string of the molecule is CC1(C(=O)C2=CCCO2)CCCS1. The summed E-state index contributed by atoms with van der Waals surface area (Å²) >= 11 is 1.77. The van der Waals surface area contributed by atoms with Crippen LogP contribution in [-0.2, 0) is 9.53 Å². The van der Waals surface area contributed by atoms with Gasteiger partial charge in [-0.3, -0.25) is 4.79 Å². The molecule has 0 spiro atoms. The van der Waals surface area contributed by atoms with E-state index >= 15 is 0 Å². The number of carbonyl (C=O) groups excluding carboxylic acids is 1. The van der Waals surface area contributed by atoms with Gasteiger partial charge in [-0.25, -0.2) is 0 Å². The van der Waals surface area contributed by atoms with E-state index in [4.69, 9.17) is 4.74 Å². The average Bonchev–Trinajstić information content (AvgIpc) is 2.73. The van der Waals surface area contributed by atoms with Crippen molar-refractivity contribution in [1.82, 2.24) is 0 Å². The van der Waals surface area contributed by atoms with Crippen LogP contribution in [0.15, 0.2) is 11.8 Å². The monoisotopic (exact) mass is 198 g/mol. The maximum atomic E-state index is 12.0. The second-order valence-corrected chi connectivity index (χ2v) is 5.32. The third kappa shape index (κ3) is 1.62. The molecule has 2 nitrogen and oxygen atoms in total. The van der Waals surface area contributed by atoms with Gasteiger partial charge in [-0.1, -0.05) is 0 Å². The summed E-state index contributed by atoms with van der Waals surface area (Å²) in [5, 5.41) is 0. The number of ketones is 1. The zero-order valence-electron chi connectivity index (χ0n) is 7.84. The normalized spacial score (nSPS) is 32.8. The molecule has 13 heavy (non-hydrogen) atoms. The van der Waals surface area contributed by atoms with Crippen molar-refractivity contribution in [3.8, 4) is 0 Å². The molecule has 0 bridgehead atoms. The molecular weight excluding hydrogens is 184 g/mol. The van der Waals surface area contributed by atoms with Gasteiger partial charge in [0.15, 0.2) is 5.76 Å². The van der Waals surface area contributed by atoms with E-state index in [9.17, 15) is 4.79 Å². The van der Waals surface area contributed by atoms with Gasteiger partial charge in [-0.2, -0.15) is 0 Å². The highest BCUT2D eigenvalue weighted by Crippen LogP contribution is 2.40. The van der Waals surface area contributed by atoms with Crippen molar-refractivity contribution in [2.45, 2.75) is 30.9 Å². The lowest BCUT2D eigenvalue weighted by atomic mass is 9.99. The highest BCUT2D eigenvalue weighted by molar-refractivity contribution is 8.01. The number of hydrogen-bond donors (Lipinski definition) is 0. The number of thioether (sulfide) groups is 1. The maximum absolute atomic E-state index is 12.0. The van der Waals surface area contributed by atoms with E-state index in [1.165, 1.54) is 0 Å². The Morgan fingerprint density at radius 1 is 1.69 bits per heavy atom. The molecule has 0 aliphatic carbocycles. The number of carbonyl (C=O) groups is 1. The van der Waals surface area contributed by atoms with Crippen LogP contribution in [0.3, 0.4) is 0 Å². The number of rotatable bonds is 2. The van der Waals surface area contributed by atoms with Crippen LogP contribution in [0.1, 0.15) is 26.2 Å². The Bertz CT molecular complexity index is 252. The summed E-state index contributed by atoms with van der Waals surface area (Å²) in [7, 11) is 0. The van der Waals surface area contributed by atoms with E-state index in [2.05, 4.69) is 0 Å². The molecule has 3 heteroatoms. The Morgan fingerprint density at radius 3 is 3.08 bits per heavy atom. The van der Waals surface area contributed by atoms with Crippen molar-refractivity contribution in [2.75, 3.05) is 12.4 Å². The second kappa shape index (κ2) is 3.37. The summed E-state index contributed by atoms with van der Waals surface area (Å²) < 4.78 is 5.09. The van der Waals surface area contributed by atoms with E-state index in [1.807, 2.05) is 13.0 Å². The van der Waals surface area contributed by atoms with Crippen molar-refractivity contribution in [1.29, 1.82) is 0 Å². The lowest BCUT2D eigenvalue weighted by Crippen LogP contribution is -2.30. The van der Waals surface area contributed by atoms with E-state index in [0.717, 1.165) is 25.0 Å². The highest BCUT2D eigenvalue weighted by Gasteiger charge is 2.39. The van der Waals surface area contributed by atoms with Crippen LogP contribution in [0.2, 0.25) is 0 Å². The van der Waals surface area contributed by atoms with Crippen molar-refractivity contribution in [2.24, 2.45) is 0 Å². The topological polar surface area (TPSA) is 26.3 Å². The molecule has 0 amide bonds. The van der Waals surface area contributed by atoms with Gasteiger partial charge in [0.2, 0.25) is 5.78 Å². The van der Waals surface area contributed by atoms with Gasteiger partial charge in [0.1, 0.15) is 0 Å². The number of hydrogen-bond acceptors (Lipinski definition) is 3. The quantitative estimate of drug-likeness (QED) is 0.680. The average molecular weight is 198 g/mol. The van der Waals surface area contributed by atoms with Gasteiger partial charge < -0.3 is 4.74 Å². The smallest absolute Gasteiger partial charge is 0.212 e. The second-order valence-electron chi connectivity index (χ2n) is 3.72. The van der Waals surface area contributed by atoms with Crippen LogP contribution < -0.4 is 0 Å². The van der Waals surface area contributed by atoms with Crippen LogP contribution in [0.25, 0.3) is 0 Å². The molecule has 0 radical (unpaired) electrons. The van der Waals surface area contributed by atoms with Gasteiger partial charge in [0.25, 0.3) is 0 Å². The van der Waals surface area contributed by atoms with Crippen molar-refractivity contribution >= 4 is 17.5 Å². The summed E-state index contributed by atoms with van der Waals surface area (Å²) in [5.41, 5.74) is 0. The Hall–Kier alpha value is -0.440. The Labute approximate surface area is 82.7 Å². The molecule has 0 aromatic heterocycles. The van der Waals surface area contributed by atoms with Crippen LogP contribution >= 0.6 is 11.8 Å². The lowest BCUT2D eigenvalue weighted by molar-refractivity contribution is -0.120. The molecule has 1 saturated heterocycles. The van der Waals surface area contributed by atoms with Crippen LogP contribution in [0.5, 0.6) is 0 Å². The molecule has 0 N–H and O–H groups in total. The number of Topliss-reactive ketones (excluding diaryl/α,β-unsaturated/α-hetero) is 1. The summed E-state index contributed by atoms with van der Waals surface area (Å²) in [5.74, 6) is 1.92. The first-order valence-corrected chi connectivity index (χ1v) is 5.73. The number of allylic oxidation sites excluding steroid dienone is 1. The first-order chi connectivity index (χ1) is 6.22. The fraction of sp³-hybridized carbons (Fsp3) is 0.700. The van der Waals surface area contributed by atoms with Gasteiger partial charge in [0.05, 0.1) is 11.4 Å². The van der Waals surface area contributed by atoms with Gasteiger partial charge in [-0.15, -0.1) is 11.8 Å². The molecule has 1 unspecified atom stereocenters. The minimum atomic E-state index is -0.198. The predicted molar refractivity (Wildman–Crippen MR) is 53.8 cm³/mol. The standard InChI is InChI=1S/C10H14O2S/c1-10(5-3-7-13-10)9(11)8-4-2-6-12-8/h4H,2-3,5-7H2,1H3. The van der Waals surface area contributed by atoms with E-state index in [0.29, 0.717) is 12.4 Å². The largest absolute Gasteiger partial charge is 0.490 e. The zero-order valence-corrected chi connectivity index (χ0v) is 8.65. The fourth-order valence-electron chi connectivity index (χ4n) is 1.79. The van der Waals surface area contributed by atoms with E-state index in [-0.39, 0.29) is 10.5 Å². The maximum Gasteiger partial charge on any atom is 0.212 e. The molecule has 2 aliphatic rings. The first kappa shape index (κ1) is 9.13. The Kier molecular flexibility index (Phi) is 2.37. The van der Waals surface area contributed by atoms with Gasteiger partial charge in [-0.05, 0) is 31.6 Å². The summed E-state index contributed by atoms with van der Waals surface area (Å²) in [6.07, 6.45) is 4.96. The third-order valence-electron chi connectivity index (χ3n) is 2.63. The number of ether oxygens (including phenoxy) is 1. The van der Waals surface area contributed by atoms with Crippen LogP contribution in [0, 0.1) is 0 Å². The van der Waals surface area contributed by atoms with Gasteiger partial charge >= 0.3 is 0 Å². The minimum absolute atomic E-state index is 0.198. The van der Waals surface area contributed by atoms with E-state index < -0.39 is 0 Å². The Morgan fingerprint density at radius 2 is 2.54 bits per heavy atom. The zero-order chi connectivity index (χ0) is 9.31. The third-order valence-corrected chi connectivity index (χ3v) is 4.15. The summed E-state index contributed by atoms with van der Waals surface area (Å²) in [6, 6.07) is 0. The predicted octanol–water partition coefficient (Wildman–Crippen LogP) is 2.15.